The molecule has 1 aromatic rings. The molecule has 1 heterocycles. The number of nitrogens with one attached hydrogen (secondary N) is 1. The van der Waals surface area contributed by atoms with Gasteiger partial charge in [0, 0.05) is 0 Å². The van der Waals surface area contributed by atoms with Gasteiger partial charge in [-0.15, -0.1) is 0 Å². The van der Waals surface area contributed by atoms with Gasteiger partial charge in [-0.2, -0.15) is 15.4 Å². The maximum absolute atomic E-state index is 10.0. The highest BCUT2D eigenvalue weighted by Crippen LogP contribution is 1.96. The number of aromatic amines is 1. The van der Waals surface area contributed by atoms with Crippen LogP contribution in [0.1, 0.15) is 13.8 Å². The first-order chi connectivity index (χ1) is 6.05. The van der Waals surface area contributed by atoms with E-state index in [1.807, 2.05) is 0 Å². The Morgan fingerprint density at radius 3 is 2.00 bits per heavy atom. The Kier molecular flexibility index (Phi) is 5.45. The van der Waals surface area contributed by atoms with Crippen LogP contribution in [0.5, 0.6) is 0 Å². The molecule has 0 fully saturated rings. The Bertz CT molecular complexity index is 205. The summed E-state index contributed by atoms with van der Waals surface area (Å²) in [6.45, 7) is 3.55. The predicted octanol–water partition coefficient (Wildman–Crippen LogP) is -0.141. The molecule has 0 aliphatic carbocycles. The molecule has 4 N–H and O–H groups in total. The molecule has 13 heavy (non-hydrogen) atoms. The zero-order valence-electron chi connectivity index (χ0n) is 7.64. The van der Waals surface area contributed by atoms with E-state index in [1.54, 1.807) is 26.2 Å². The molecule has 0 radical (unpaired) electrons. The van der Waals surface area contributed by atoms with Gasteiger partial charge >= 0.3 is 5.97 Å². The van der Waals surface area contributed by atoms with Crippen LogP contribution in [0.3, 0.4) is 0 Å². The van der Waals surface area contributed by atoms with Gasteiger partial charge in [-0.3, -0.25) is 4.79 Å². The minimum Gasteiger partial charge on any atom is -0.480 e. The van der Waals surface area contributed by atoms with Crippen molar-refractivity contribution in [2.24, 2.45) is 11.7 Å². The number of H-pyrrole nitrogens is 1. The third-order valence-corrected chi connectivity index (χ3v) is 1.33. The SMILES string of the molecule is CC(C)[C@H](N)C(=O)O.c1cn[nH]n1. The highest BCUT2D eigenvalue weighted by molar-refractivity contribution is 5.73. The molecule has 6 heteroatoms. The van der Waals surface area contributed by atoms with Crippen LogP contribution >= 0.6 is 0 Å². The average molecular weight is 186 g/mol. The molecular formula is C7H14N4O2. The fourth-order valence-electron chi connectivity index (χ4n) is 0.452. The highest BCUT2D eigenvalue weighted by Gasteiger charge is 2.14. The topological polar surface area (TPSA) is 105 Å². The van der Waals surface area contributed by atoms with Crippen molar-refractivity contribution in [3.63, 3.8) is 0 Å². The summed E-state index contributed by atoms with van der Waals surface area (Å²) in [5.74, 6) is -0.910. The lowest BCUT2D eigenvalue weighted by Crippen LogP contribution is -2.34. The molecule has 0 aromatic carbocycles. The van der Waals surface area contributed by atoms with Crippen LogP contribution in [0.25, 0.3) is 0 Å². The fourth-order valence-corrected chi connectivity index (χ4v) is 0.452. The Hall–Kier alpha value is -1.43. The number of carboxylic acids is 1. The highest BCUT2D eigenvalue weighted by atomic mass is 16.4. The number of rotatable bonds is 2. The van der Waals surface area contributed by atoms with Crippen LogP contribution in [0.4, 0.5) is 0 Å². The van der Waals surface area contributed by atoms with Crippen LogP contribution in [-0.2, 0) is 4.79 Å². The lowest BCUT2D eigenvalue weighted by atomic mass is 10.1. The van der Waals surface area contributed by atoms with Crippen molar-refractivity contribution >= 4 is 5.97 Å². The van der Waals surface area contributed by atoms with E-state index in [9.17, 15) is 4.79 Å². The van der Waals surface area contributed by atoms with Gasteiger partial charge in [0.05, 0.1) is 12.4 Å². The molecule has 0 saturated carbocycles. The molecule has 1 aromatic heterocycles. The first-order valence-electron chi connectivity index (χ1n) is 3.83. The number of nitrogens with zero attached hydrogens (tertiary/aromatic N) is 2. The molecule has 0 unspecified atom stereocenters. The van der Waals surface area contributed by atoms with E-state index in [-0.39, 0.29) is 5.92 Å². The third kappa shape index (κ3) is 5.80. The molecule has 0 bridgehead atoms. The number of aromatic nitrogens is 3. The number of hydrogen-bond acceptors (Lipinski definition) is 4. The average Bonchev–Trinajstić information content (AvgIpc) is 2.59. The molecular weight excluding hydrogens is 172 g/mol. The van der Waals surface area contributed by atoms with Crippen molar-refractivity contribution in [1.82, 2.24) is 15.4 Å². The van der Waals surface area contributed by atoms with E-state index >= 15 is 0 Å². The molecule has 74 valence electrons. The van der Waals surface area contributed by atoms with Crippen molar-refractivity contribution in [3.05, 3.63) is 12.4 Å². The largest absolute Gasteiger partial charge is 0.480 e. The first-order valence-corrected chi connectivity index (χ1v) is 3.83. The standard InChI is InChI=1S/C5H11NO2.C2H3N3/c1-3(2)4(6)5(7)8;1-2-4-5-3-1/h3-4H,6H2,1-2H3,(H,7,8);1-2H,(H,3,4,5)/t4-;/m0./s1. The smallest absolute Gasteiger partial charge is 0.320 e. The van der Waals surface area contributed by atoms with Gasteiger partial charge < -0.3 is 10.8 Å². The molecule has 6 nitrogen and oxygen atoms in total. The predicted molar refractivity (Wildman–Crippen MR) is 46.8 cm³/mol. The van der Waals surface area contributed by atoms with Gasteiger partial charge in [0.2, 0.25) is 0 Å². The van der Waals surface area contributed by atoms with Crippen LogP contribution in [0.2, 0.25) is 0 Å². The van der Waals surface area contributed by atoms with Gasteiger partial charge in [-0.25, -0.2) is 0 Å². The quantitative estimate of drug-likeness (QED) is 0.596. The van der Waals surface area contributed by atoms with E-state index in [2.05, 4.69) is 15.4 Å². The van der Waals surface area contributed by atoms with E-state index in [0.29, 0.717) is 0 Å². The van der Waals surface area contributed by atoms with Crippen LogP contribution in [-0.4, -0.2) is 32.5 Å². The summed E-state index contributed by atoms with van der Waals surface area (Å²) < 4.78 is 0. The normalized spacial score (nSPS) is 11.7. The lowest BCUT2D eigenvalue weighted by Gasteiger charge is -2.07. The zero-order valence-corrected chi connectivity index (χ0v) is 7.64. The van der Waals surface area contributed by atoms with Crippen LogP contribution in [0.15, 0.2) is 12.4 Å². The Morgan fingerprint density at radius 1 is 1.46 bits per heavy atom. The van der Waals surface area contributed by atoms with Crippen molar-refractivity contribution in [2.75, 3.05) is 0 Å². The van der Waals surface area contributed by atoms with Crippen molar-refractivity contribution in [2.45, 2.75) is 19.9 Å². The number of carbonyl (C=O) groups is 1. The summed E-state index contributed by atoms with van der Waals surface area (Å²) in [4.78, 5) is 10.0. The Balaban J connectivity index is 0.000000243. The second kappa shape index (κ2) is 6.13. The summed E-state index contributed by atoms with van der Waals surface area (Å²) in [6.07, 6.45) is 3.17. The van der Waals surface area contributed by atoms with Gasteiger partial charge in [-0.05, 0) is 5.92 Å². The maximum atomic E-state index is 10.0. The zero-order chi connectivity index (χ0) is 10.3. The van der Waals surface area contributed by atoms with E-state index in [1.165, 1.54) is 0 Å². The number of carboxylic acid groups (broad SMARTS) is 1. The minimum absolute atomic E-state index is 0.0208. The number of aliphatic carboxylic acids is 1. The van der Waals surface area contributed by atoms with E-state index in [0.717, 1.165) is 0 Å². The lowest BCUT2D eigenvalue weighted by molar-refractivity contribution is -0.139. The molecule has 1 rings (SSSR count). The molecule has 0 aliphatic heterocycles. The van der Waals surface area contributed by atoms with Gasteiger partial charge in [0.15, 0.2) is 0 Å². The molecule has 0 amide bonds. The van der Waals surface area contributed by atoms with Crippen molar-refractivity contribution in [3.8, 4) is 0 Å². The number of nitrogens with two attached hydrogens (primary N) is 1. The second-order valence-corrected chi connectivity index (χ2v) is 2.76. The molecule has 0 saturated heterocycles. The first kappa shape index (κ1) is 11.6. The monoisotopic (exact) mass is 186 g/mol. The minimum atomic E-state index is -0.931. The van der Waals surface area contributed by atoms with E-state index < -0.39 is 12.0 Å². The van der Waals surface area contributed by atoms with Gasteiger partial charge in [-0.1, -0.05) is 13.8 Å². The Morgan fingerprint density at radius 2 is 1.92 bits per heavy atom. The summed E-state index contributed by atoms with van der Waals surface area (Å²) in [6, 6.07) is -0.713. The van der Waals surface area contributed by atoms with Crippen LogP contribution in [0, 0.1) is 5.92 Å². The fraction of sp³-hybridized carbons (Fsp3) is 0.571. The van der Waals surface area contributed by atoms with Crippen LogP contribution < -0.4 is 5.73 Å². The summed E-state index contributed by atoms with van der Waals surface area (Å²) in [5, 5.41) is 17.6. The van der Waals surface area contributed by atoms with Crippen molar-refractivity contribution in [1.29, 1.82) is 0 Å². The molecule has 1 atom stereocenters. The second-order valence-electron chi connectivity index (χ2n) is 2.76. The maximum Gasteiger partial charge on any atom is 0.320 e. The van der Waals surface area contributed by atoms with Gasteiger partial charge in [0.25, 0.3) is 0 Å². The third-order valence-electron chi connectivity index (χ3n) is 1.33. The number of hydrogen-bond donors (Lipinski definition) is 3. The van der Waals surface area contributed by atoms with Gasteiger partial charge in [0.1, 0.15) is 6.04 Å². The Labute approximate surface area is 76.1 Å². The molecule has 0 spiro atoms. The van der Waals surface area contributed by atoms with Crippen molar-refractivity contribution < 1.29 is 9.90 Å². The summed E-state index contributed by atoms with van der Waals surface area (Å²) in [5.41, 5.74) is 5.16. The van der Waals surface area contributed by atoms with E-state index in [4.69, 9.17) is 10.8 Å². The summed E-state index contributed by atoms with van der Waals surface area (Å²) in [7, 11) is 0. The molecule has 0 aliphatic rings. The summed E-state index contributed by atoms with van der Waals surface area (Å²) >= 11 is 0.